The average Bonchev–Trinajstić information content (AvgIpc) is 2.63. The van der Waals surface area contributed by atoms with Crippen LogP contribution in [-0.4, -0.2) is 42.0 Å². The van der Waals surface area contributed by atoms with E-state index in [2.05, 4.69) is 15.2 Å². The number of likely N-dealkylation sites (tertiary alicyclic amines) is 1. The fourth-order valence-corrected chi connectivity index (χ4v) is 3.10. The van der Waals surface area contributed by atoms with Gasteiger partial charge in [0.05, 0.1) is 5.56 Å². The molecule has 4 nitrogen and oxygen atoms in total. The van der Waals surface area contributed by atoms with Crippen LogP contribution < -0.4 is 5.32 Å². The first kappa shape index (κ1) is 16.9. The summed E-state index contributed by atoms with van der Waals surface area (Å²) < 4.78 is 0. The van der Waals surface area contributed by atoms with E-state index in [9.17, 15) is 4.79 Å². The van der Waals surface area contributed by atoms with Crippen molar-refractivity contribution in [2.24, 2.45) is 0 Å². The van der Waals surface area contributed by atoms with E-state index in [0.717, 1.165) is 30.8 Å². The normalized spacial score (nSPS) is 15.2. The summed E-state index contributed by atoms with van der Waals surface area (Å²) >= 11 is 5.92. The fraction of sp³-hybridized carbons (Fsp3) is 0.368. The number of halogens is 1. The van der Waals surface area contributed by atoms with E-state index in [0.29, 0.717) is 17.1 Å². The molecule has 5 heteroatoms. The largest absolute Gasteiger partial charge is 0.351 e. The van der Waals surface area contributed by atoms with E-state index < -0.39 is 0 Å². The molecule has 0 unspecified atom stereocenters. The van der Waals surface area contributed by atoms with E-state index >= 15 is 0 Å². The molecule has 1 saturated heterocycles. The van der Waals surface area contributed by atoms with Crippen molar-refractivity contribution in [2.45, 2.75) is 19.3 Å². The first-order chi connectivity index (χ1) is 11.7. The summed E-state index contributed by atoms with van der Waals surface area (Å²) in [4.78, 5) is 18.9. The van der Waals surface area contributed by atoms with Crippen molar-refractivity contribution in [1.29, 1.82) is 0 Å². The molecule has 0 saturated carbocycles. The zero-order chi connectivity index (χ0) is 16.8. The maximum absolute atomic E-state index is 12.3. The predicted octanol–water partition coefficient (Wildman–Crippen LogP) is 3.62. The number of pyridine rings is 1. The summed E-state index contributed by atoms with van der Waals surface area (Å²) in [5.41, 5.74) is 2.49. The van der Waals surface area contributed by atoms with Crippen LogP contribution >= 0.6 is 11.6 Å². The predicted molar refractivity (Wildman–Crippen MR) is 97.3 cm³/mol. The van der Waals surface area contributed by atoms with Gasteiger partial charge in [-0.2, -0.15) is 0 Å². The number of carbonyl (C=O) groups excluding carboxylic acids is 1. The summed E-state index contributed by atoms with van der Waals surface area (Å²) in [5.74, 6) is -0.0738. The summed E-state index contributed by atoms with van der Waals surface area (Å²) in [7, 11) is 0. The number of nitrogens with zero attached hydrogens (tertiary/aromatic N) is 2. The second-order valence-electron chi connectivity index (χ2n) is 6.13. The lowest BCUT2D eigenvalue weighted by atomic mass is 10.1. The van der Waals surface area contributed by atoms with Gasteiger partial charge >= 0.3 is 0 Å². The molecule has 2 aromatic rings. The third-order valence-electron chi connectivity index (χ3n) is 4.34. The Hall–Kier alpha value is -1.91. The maximum atomic E-state index is 12.3. The molecule has 0 radical (unpaired) electrons. The molecule has 0 spiro atoms. The summed E-state index contributed by atoms with van der Waals surface area (Å²) in [6, 6.07) is 9.39. The van der Waals surface area contributed by atoms with Crippen molar-refractivity contribution >= 4 is 17.5 Å². The van der Waals surface area contributed by atoms with Crippen LogP contribution in [0.5, 0.6) is 0 Å². The Morgan fingerprint density at radius 2 is 1.83 bits per heavy atom. The minimum Gasteiger partial charge on any atom is -0.351 e. The Morgan fingerprint density at radius 1 is 1.08 bits per heavy atom. The molecule has 1 N–H and O–H groups in total. The number of rotatable bonds is 5. The monoisotopic (exact) mass is 343 g/mol. The maximum Gasteiger partial charge on any atom is 0.252 e. The van der Waals surface area contributed by atoms with Crippen molar-refractivity contribution in [3.8, 4) is 11.1 Å². The van der Waals surface area contributed by atoms with E-state index in [-0.39, 0.29) is 5.91 Å². The van der Waals surface area contributed by atoms with Gasteiger partial charge in [-0.15, -0.1) is 0 Å². The van der Waals surface area contributed by atoms with Crippen LogP contribution in [0.1, 0.15) is 29.6 Å². The lowest BCUT2D eigenvalue weighted by Crippen LogP contribution is -2.37. The van der Waals surface area contributed by atoms with Crippen LogP contribution in [-0.2, 0) is 0 Å². The Balaban J connectivity index is 1.58. The van der Waals surface area contributed by atoms with Gasteiger partial charge in [0.15, 0.2) is 0 Å². The van der Waals surface area contributed by atoms with Crippen LogP contribution in [0, 0.1) is 0 Å². The number of aromatic nitrogens is 1. The molecular weight excluding hydrogens is 322 g/mol. The second kappa shape index (κ2) is 8.27. The van der Waals surface area contributed by atoms with Gasteiger partial charge in [-0.25, -0.2) is 0 Å². The minimum atomic E-state index is -0.0738. The standard InChI is InChI=1S/C19H22ClN3O/c20-18-6-4-15(5-7-18)16-12-17(14-21-13-16)19(24)22-8-11-23-9-2-1-3-10-23/h4-7,12-14H,1-3,8-11H2,(H,22,24). The molecular formula is C19H22ClN3O. The van der Waals surface area contributed by atoms with Crippen molar-refractivity contribution in [3.63, 3.8) is 0 Å². The van der Waals surface area contributed by atoms with Gasteiger partial charge < -0.3 is 10.2 Å². The average molecular weight is 344 g/mol. The van der Waals surface area contributed by atoms with E-state index in [1.54, 1.807) is 12.4 Å². The topological polar surface area (TPSA) is 45.2 Å². The smallest absolute Gasteiger partial charge is 0.252 e. The number of hydrogen-bond acceptors (Lipinski definition) is 3. The number of amides is 1. The van der Waals surface area contributed by atoms with Crippen molar-refractivity contribution in [1.82, 2.24) is 15.2 Å². The highest BCUT2D eigenvalue weighted by molar-refractivity contribution is 6.30. The molecule has 0 bridgehead atoms. The first-order valence-electron chi connectivity index (χ1n) is 8.44. The van der Waals surface area contributed by atoms with Gasteiger partial charge in [-0.1, -0.05) is 30.2 Å². The van der Waals surface area contributed by atoms with Gasteiger partial charge in [0.25, 0.3) is 5.91 Å². The Kier molecular flexibility index (Phi) is 5.83. The second-order valence-corrected chi connectivity index (χ2v) is 6.56. The Morgan fingerprint density at radius 3 is 2.58 bits per heavy atom. The number of nitrogens with one attached hydrogen (secondary N) is 1. The quantitative estimate of drug-likeness (QED) is 0.901. The molecule has 0 atom stereocenters. The van der Waals surface area contributed by atoms with Crippen molar-refractivity contribution < 1.29 is 4.79 Å². The zero-order valence-corrected chi connectivity index (χ0v) is 14.4. The molecule has 0 aliphatic carbocycles. The number of hydrogen-bond donors (Lipinski definition) is 1. The molecule has 1 aromatic carbocycles. The molecule has 1 amide bonds. The highest BCUT2D eigenvalue weighted by Crippen LogP contribution is 2.21. The molecule has 3 rings (SSSR count). The van der Waals surface area contributed by atoms with Crippen LogP contribution in [0.2, 0.25) is 5.02 Å². The number of benzene rings is 1. The third-order valence-corrected chi connectivity index (χ3v) is 4.59. The van der Waals surface area contributed by atoms with E-state index in [1.807, 2.05) is 30.3 Å². The summed E-state index contributed by atoms with van der Waals surface area (Å²) in [6.07, 6.45) is 7.22. The lowest BCUT2D eigenvalue weighted by molar-refractivity contribution is 0.0946. The molecule has 24 heavy (non-hydrogen) atoms. The Bertz CT molecular complexity index is 681. The molecule has 1 aromatic heterocycles. The zero-order valence-electron chi connectivity index (χ0n) is 13.7. The highest BCUT2D eigenvalue weighted by Gasteiger charge is 2.11. The van der Waals surface area contributed by atoms with Crippen molar-refractivity contribution in [2.75, 3.05) is 26.2 Å². The van der Waals surface area contributed by atoms with Gasteiger partial charge in [-0.05, 0) is 49.7 Å². The van der Waals surface area contributed by atoms with E-state index in [1.165, 1.54) is 19.3 Å². The van der Waals surface area contributed by atoms with Gasteiger partial charge in [0, 0.05) is 36.1 Å². The SMILES string of the molecule is O=C(NCCN1CCCCC1)c1cncc(-c2ccc(Cl)cc2)c1. The van der Waals surface area contributed by atoms with Crippen LogP contribution in [0.3, 0.4) is 0 Å². The minimum absolute atomic E-state index is 0.0738. The molecule has 2 heterocycles. The van der Waals surface area contributed by atoms with Crippen LogP contribution in [0.4, 0.5) is 0 Å². The highest BCUT2D eigenvalue weighted by atomic mass is 35.5. The fourth-order valence-electron chi connectivity index (χ4n) is 2.98. The van der Waals surface area contributed by atoms with E-state index in [4.69, 9.17) is 11.6 Å². The third kappa shape index (κ3) is 4.56. The Labute approximate surface area is 147 Å². The molecule has 126 valence electrons. The van der Waals surface area contributed by atoms with Crippen LogP contribution in [0.15, 0.2) is 42.7 Å². The van der Waals surface area contributed by atoms with Gasteiger partial charge in [0.2, 0.25) is 0 Å². The number of piperidine rings is 1. The summed E-state index contributed by atoms with van der Waals surface area (Å²) in [5, 5.41) is 3.69. The van der Waals surface area contributed by atoms with Crippen molar-refractivity contribution in [3.05, 3.63) is 53.3 Å². The lowest BCUT2D eigenvalue weighted by Gasteiger charge is -2.26. The van der Waals surface area contributed by atoms with Gasteiger partial charge in [-0.3, -0.25) is 9.78 Å². The van der Waals surface area contributed by atoms with Crippen LogP contribution in [0.25, 0.3) is 11.1 Å². The summed E-state index contributed by atoms with van der Waals surface area (Å²) in [6.45, 7) is 3.87. The van der Waals surface area contributed by atoms with Gasteiger partial charge in [0.1, 0.15) is 0 Å². The number of carbonyl (C=O) groups is 1. The molecule has 1 aliphatic rings. The first-order valence-corrected chi connectivity index (χ1v) is 8.82. The molecule has 1 fully saturated rings. The molecule has 1 aliphatic heterocycles.